The Balaban J connectivity index is 4.01. The summed E-state index contributed by atoms with van der Waals surface area (Å²) in [5.74, 6) is -0.933. The Morgan fingerprint density at radius 1 is 0.553 bits per heavy atom. The number of rotatable bonds is 35. The second-order valence-corrected chi connectivity index (χ2v) is 14.1. The van der Waals surface area contributed by atoms with Gasteiger partial charge in [-0.3, -0.25) is 14.1 Å². The predicted octanol–water partition coefficient (Wildman–Crippen LogP) is 11.2. The molecule has 1 atom stereocenters. The third-order valence-electron chi connectivity index (χ3n) is 8.22. The molecule has 0 amide bonds. The van der Waals surface area contributed by atoms with Gasteiger partial charge in [0.1, 0.15) is 6.61 Å². The fourth-order valence-electron chi connectivity index (χ4n) is 5.35. The van der Waals surface area contributed by atoms with Crippen LogP contribution in [0.2, 0.25) is 0 Å². The molecule has 0 saturated heterocycles. The molecule has 0 spiro atoms. The van der Waals surface area contributed by atoms with Gasteiger partial charge in [0.05, 0.1) is 6.61 Å². The molecule has 0 bridgehead atoms. The molecule has 0 fully saturated rings. The largest absolute Gasteiger partial charge is 0.469 e. The van der Waals surface area contributed by atoms with Crippen molar-refractivity contribution in [2.75, 3.05) is 13.2 Å². The Hall–Kier alpha value is -1.47. The fourth-order valence-corrected chi connectivity index (χ4v) is 5.71. The minimum Gasteiger partial charge on any atom is -0.462 e. The summed E-state index contributed by atoms with van der Waals surface area (Å²) in [4.78, 5) is 42.6. The van der Waals surface area contributed by atoms with E-state index in [4.69, 9.17) is 19.3 Å². The molecule has 0 rings (SSSR count). The van der Waals surface area contributed by atoms with Gasteiger partial charge in [0.25, 0.3) is 0 Å². The van der Waals surface area contributed by atoms with Crippen molar-refractivity contribution in [1.82, 2.24) is 0 Å². The summed E-state index contributed by atoms with van der Waals surface area (Å²) in [6.45, 7) is 3.64. The number of carbonyl (C=O) groups excluding carboxylic acids is 2. The molecule has 0 heterocycles. The van der Waals surface area contributed by atoms with Gasteiger partial charge in [-0.1, -0.05) is 160 Å². The van der Waals surface area contributed by atoms with E-state index >= 15 is 0 Å². The van der Waals surface area contributed by atoms with Crippen LogP contribution in [0, 0.1) is 0 Å². The van der Waals surface area contributed by atoms with E-state index in [9.17, 15) is 14.2 Å². The first-order chi connectivity index (χ1) is 22.8. The maximum absolute atomic E-state index is 12.3. The van der Waals surface area contributed by atoms with Gasteiger partial charge >= 0.3 is 19.8 Å². The first-order valence-corrected chi connectivity index (χ1v) is 20.7. The molecule has 0 aromatic rings. The van der Waals surface area contributed by atoms with E-state index in [0.717, 1.165) is 38.5 Å². The van der Waals surface area contributed by atoms with Crippen molar-refractivity contribution in [3.8, 4) is 0 Å². The molecule has 0 aliphatic rings. The number of carbonyl (C=O) groups is 2. The molecule has 9 heteroatoms. The van der Waals surface area contributed by atoms with Crippen LogP contribution in [0.15, 0.2) is 24.3 Å². The van der Waals surface area contributed by atoms with Crippen molar-refractivity contribution in [2.45, 2.75) is 193 Å². The molecular weight excluding hydrogens is 615 g/mol. The average molecular weight is 687 g/mol. The molecule has 0 radical (unpaired) electrons. The van der Waals surface area contributed by atoms with Crippen LogP contribution >= 0.6 is 7.82 Å². The average Bonchev–Trinajstić information content (AvgIpc) is 3.04. The van der Waals surface area contributed by atoms with E-state index in [1.807, 2.05) is 6.08 Å². The van der Waals surface area contributed by atoms with Crippen LogP contribution in [-0.4, -0.2) is 41.0 Å². The lowest BCUT2D eigenvalue weighted by Gasteiger charge is -2.18. The minimum atomic E-state index is -4.76. The highest BCUT2D eigenvalue weighted by Crippen LogP contribution is 2.36. The number of ether oxygens (including phenoxy) is 2. The van der Waals surface area contributed by atoms with Gasteiger partial charge in [-0.25, -0.2) is 4.57 Å². The maximum Gasteiger partial charge on any atom is 0.469 e. The van der Waals surface area contributed by atoms with Crippen molar-refractivity contribution < 1.29 is 37.9 Å². The van der Waals surface area contributed by atoms with Crippen LogP contribution in [0.3, 0.4) is 0 Å². The first kappa shape index (κ1) is 45.5. The number of hydrogen-bond donors (Lipinski definition) is 2. The zero-order valence-electron chi connectivity index (χ0n) is 30.2. The van der Waals surface area contributed by atoms with Gasteiger partial charge in [0.15, 0.2) is 6.10 Å². The third kappa shape index (κ3) is 37.2. The number of phosphoric ester groups is 1. The minimum absolute atomic E-state index is 0.151. The van der Waals surface area contributed by atoms with Crippen LogP contribution in [0.1, 0.15) is 187 Å². The first-order valence-electron chi connectivity index (χ1n) is 19.1. The van der Waals surface area contributed by atoms with Crippen molar-refractivity contribution >= 4 is 19.8 Å². The lowest BCUT2D eigenvalue weighted by Crippen LogP contribution is -2.29. The van der Waals surface area contributed by atoms with E-state index in [0.29, 0.717) is 6.42 Å². The summed E-state index contributed by atoms with van der Waals surface area (Å²) in [5.41, 5.74) is 0. The standard InChI is InChI=1S/C38H71O8P/c1-3-5-7-9-11-13-15-17-18-19-20-21-23-25-27-29-31-33-38(40)46-36(35-45-47(41,42)43)34-44-37(39)32-30-28-26-24-22-16-14-12-10-8-6-4-2/h20-21,25,27,36H,3-19,22-24,26,28-35H2,1-2H3,(H2,41,42,43)/b21-20+,27-25+/t36-/m1/s1. The van der Waals surface area contributed by atoms with Crippen molar-refractivity contribution in [2.24, 2.45) is 0 Å². The van der Waals surface area contributed by atoms with Gasteiger partial charge in [0, 0.05) is 12.8 Å². The molecule has 0 aromatic heterocycles. The number of unbranched alkanes of at least 4 members (excludes halogenated alkanes) is 21. The van der Waals surface area contributed by atoms with Crippen LogP contribution in [0.25, 0.3) is 0 Å². The van der Waals surface area contributed by atoms with Gasteiger partial charge in [-0.05, 0) is 38.5 Å². The molecule has 0 aliphatic carbocycles. The number of allylic oxidation sites excluding steroid dienone is 4. The second-order valence-electron chi connectivity index (χ2n) is 12.9. The molecule has 0 saturated carbocycles. The topological polar surface area (TPSA) is 119 Å². The Morgan fingerprint density at radius 3 is 1.47 bits per heavy atom. The molecule has 276 valence electrons. The summed E-state index contributed by atoms with van der Waals surface area (Å²) in [6, 6.07) is 0. The number of hydrogen-bond acceptors (Lipinski definition) is 6. The van der Waals surface area contributed by atoms with E-state index in [1.165, 1.54) is 116 Å². The highest BCUT2D eigenvalue weighted by molar-refractivity contribution is 7.46. The Bertz CT molecular complexity index is 823. The molecule has 8 nitrogen and oxygen atoms in total. The van der Waals surface area contributed by atoms with E-state index < -0.39 is 32.5 Å². The highest BCUT2D eigenvalue weighted by Gasteiger charge is 2.22. The quantitative estimate of drug-likeness (QED) is 0.0292. The second kappa shape index (κ2) is 34.4. The van der Waals surface area contributed by atoms with Crippen LogP contribution < -0.4 is 0 Å². The van der Waals surface area contributed by atoms with Gasteiger partial charge in [-0.15, -0.1) is 0 Å². The van der Waals surface area contributed by atoms with Crippen molar-refractivity contribution in [1.29, 1.82) is 0 Å². The van der Waals surface area contributed by atoms with E-state index in [-0.39, 0.29) is 19.4 Å². The fraction of sp³-hybridized carbons (Fsp3) is 0.842. The summed E-state index contributed by atoms with van der Waals surface area (Å²) in [6.07, 6.45) is 37.6. The summed E-state index contributed by atoms with van der Waals surface area (Å²) in [7, 11) is -4.76. The van der Waals surface area contributed by atoms with Crippen LogP contribution in [0.4, 0.5) is 0 Å². The normalized spacial score (nSPS) is 12.7. The van der Waals surface area contributed by atoms with Crippen LogP contribution in [0.5, 0.6) is 0 Å². The lowest BCUT2D eigenvalue weighted by molar-refractivity contribution is -0.161. The Morgan fingerprint density at radius 2 is 0.979 bits per heavy atom. The maximum atomic E-state index is 12.3. The monoisotopic (exact) mass is 686 g/mol. The summed E-state index contributed by atoms with van der Waals surface area (Å²) < 4.78 is 26.2. The SMILES string of the molecule is CCCCCCCCCCC/C=C/C/C=C/CCCC(=O)O[C@H](COC(=O)CCCCCCCCCCCCCC)COP(=O)(O)O. The molecule has 47 heavy (non-hydrogen) atoms. The zero-order chi connectivity index (χ0) is 34.7. The van der Waals surface area contributed by atoms with Crippen LogP contribution in [-0.2, 0) is 28.2 Å². The van der Waals surface area contributed by atoms with Crippen molar-refractivity contribution in [3.05, 3.63) is 24.3 Å². The molecular formula is C38H71O8P. The summed E-state index contributed by atoms with van der Waals surface area (Å²) >= 11 is 0. The van der Waals surface area contributed by atoms with Gasteiger partial charge < -0.3 is 19.3 Å². The van der Waals surface area contributed by atoms with Gasteiger partial charge in [0.2, 0.25) is 0 Å². The molecule has 0 unspecified atom stereocenters. The van der Waals surface area contributed by atoms with Gasteiger partial charge in [-0.2, -0.15) is 0 Å². The van der Waals surface area contributed by atoms with E-state index in [2.05, 4.69) is 36.6 Å². The lowest BCUT2D eigenvalue weighted by atomic mass is 10.0. The summed E-state index contributed by atoms with van der Waals surface area (Å²) in [5, 5.41) is 0. The number of esters is 2. The highest BCUT2D eigenvalue weighted by atomic mass is 31.2. The third-order valence-corrected chi connectivity index (χ3v) is 8.71. The number of phosphoric acid groups is 1. The molecule has 2 N–H and O–H groups in total. The van der Waals surface area contributed by atoms with Crippen molar-refractivity contribution in [3.63, 3.8) is 0 Å². The predicted molar refractivity (Wildman–Crippen MR) is 193 cm³/mol. The van der Waals surface area contributed by atoms with E-state index in [1.54, 1.807) is 0 Å². The Kier molecular flexibility index (Phi) is 33.3. The zero-order valence-corrected chi connectivity index (χ0v) is 31.1. The smallest absolute Gasteiger partial charge is 0.462 e. The Labute approximate surface area is 288 Å². The molecule has 0 aliphatic heterocycles. The molecule has 0 aromatic carbocycles.